The predicted molar refractivity (Wildman–Crippen MR) is 117 cm³/mol. The highest BCUT2D eigenvalue weighted by Crippen LogP contribution is 2.47. The molecule has 0 radical (unpaired) electrons. The fraction of sp³-hybridized carbons (Fsp3) is 0.250. The topological polar surface area (TPSA) is 106 Å². The van der Waals surface area contributed by atoms with Crippen LogP contribution >= 0.6 is 0 Å². The van der Waals surface area contributed by atoms with Gasteiger partial charge in [0.05, 0.1) is 30.9 Å². The zero-order chi connectivity index (χ0) is 21.8. The number of nitriles is 1. The van der Waals surface area contributed by atoms with Gasteiger partial charge in [-0.05, 0) is 36.8 Å². The van der Waals surface area contributed by atoms with Crippen LogP contribution in [0.2, 0.25) is 0 Å². The third-order valence-electron chi connectivity index (χ3n) is 5.30. The largest absolute Gasteiger partial charge is 0.497 e. The molecule has 0 spiro atoms. The van der Waals surface area contributed by atoms with Crippen molar-refractivity contribution in [2.75, 3.05) is 13.7 Å². The average molecular weight is 416 g/mol. The Morgan fingerprint density at radius 3 is 2.68 bits per heavy atom. The summed E-state index contributed by atoms with van der Waals surface area (Å²) in [4.78, 5) is 0. The molecule has 1 atom stereocenters. The van der Waals surface area contributed by atoms with Crippen LogP contribution in [-0.4, -0.2) is 23.9 Å². The van der Waals surface area contributed by atoms with Gasteiger partial charge in [-0.1, -0.05) is 31.5 Å². The van der Waals surface area contributed by atoms with Gasteiger partial charge < -0.3 is 19.9 Å². The number of nitrogens with one attached hydrogen (secondary N) is 1. The lowest BCUT2D eigenvalue weighted by Crippen LogP contribution is -2.21. The molecule has 0 saturated heterocycles. The number of nitrogens with zero attached hydrogens (tertiary/aromatic N) is 2. The fourth-order valence-corrected chi connectivity index (χ4v) is 3.71. The summed E-state index contributed by atoms with van der Waals surface area (Å²) in [5.74, 6) is 1.41. The molecule has 31 heavy (non-hydrogen) atoms. The molecule has 1 aliphatic rings. The number of para-hydroxylation sites is 1. The van der Waals surface area contributed by atoms with Crippen molar-refractivity contribution in [3.63, 3.8) is 0 Å². The van der Waals surface area contributed by atoms with E-state index in [4.69, 9.17) is 19.9 Å². The molecule has 3 aromatic rings. The van der Waals surface area contributed by atoms with Crippen molar-refractivity contribution in [3.8, 4) is 34.7 Å². The van der Waals surface area contributed by atoms with E-state index >= 15 is 0 Å². The van der Waals surface area contributed by atoms with Crippen molar-refractivity contribution in [1.29, 1.82) is 5.26 Å². The third kappa shape index (κ3) is 3.80. The molecule has 0 bridgehead atoms. The molecule has 158 valence electrons. The second kappa shape index (κ2) is 8.84. The Kier molecular flexibility index (Phi) is 5.80. The maximum absolute atomic E-state index is 9.94. The number of ether oxygens (including phenoxy) is 3. The molecule has 1 aliphatic heterocycles. The number of hydrogen-bond donors (Lipinski definition) is 2. The van der Waals surface area contributed by atoms with Gasteiger partial charge in [0.15, 0.2) is 0 Å². The van der Waals surface area contributed by atoms with Crippen molar-refractivity contribution in [2.24, 2.45) is 5.73 Å². The number of unbranched alkanes of at least 4 members (excludes halogenated alkanes) is 1. The minimum absolute atomic E-state index is 0.0520. The van der Waals surface area contributed by atoms with Crippen molar-refractivity contribution in [1.82, 2.24) is 10.2 Å². The first-order valence-electron chi connectivity index (χ1n) is 10.2. The lowest BCUT2D eigenvalue weighted by atomic mass is 9.82. The molecule has 3 N–H and O–H groups in total. The number of allylic oxidation sites excluding steroid dienone is 1. The van der Waals surface area contributed by atoms with Crippen LogP contribution in [0.25, 0.3) is 11.3 Å². The molecular weight excluding hydrogens is 392 g/mol. The minimum atomic E-state index is -0.470. The van der Waals surface area contributed by atoms with Gasteiger partial charge >= 0.3 is 0 Å². The average Bonchev–Trinajstić information content (AvgIpc) is 3.22. The third-order valence-corrected chi connectivity index (χ3v) is 5.30. The molecule has 0 fully saturated rings. The maximum atomic E-state index is 9.94. The van der Waals surface area contributed by atoms with Gasteiger partial charge in [0.2, 0.25) is 11.8 Å². The van der Waals surface area contributed by atoms with E-state index in [2.05, 4.69) is 23.2 Å². The van der Waals surface area contributed by atoms with E-state index in [1.807, 2.05) is 48.5 Å². The van der Waals surface area contributed by atoms with Crippen molar-refractivity contribution in [2.45, 2.75) is 25.7 Å². The van der Waals surface area contributed by atoms with Crippen LogP contribution in [-0.2, 0) is 0 Å². The highest BCUT2D eigenvalue weighted by atomic mass is 16.5. The number of aromatic amines is 1. The van der Waals surface area contributed by atoms with Gasteiger partial charge in [-0.3, -0.25) is 5.10 Å². The molecule has 2 aromatic carbocycles. The molecule has 7 nitrogen and oxygen atoms in total. The number of methoxy groups -OCH3 is 1. The highest BCUT2D eigenvalue weighted by molar-refractivity contribution is 5.72. The summed E-state index contributed by atoms with van der Waals surface area (Å²) >= 11 is 0. The van der Waals surface area contributed by atoms with Gasteiger partial charge in [-0.25, -0.2) is 0 Å². The van der Waals surface area contributed by atoms with Crippen LogP contribution in [0.3, 0.4) is 0 Å². The predicted octanol–water partition coefficient (Wildman–Crippen LogP) is 4.48. The van der Waals surface area contributed by atoms with Gasteiger partial charge in [-0.15, -0.1) is 5.10 Å². The van der Waals surface area contributed by atoms with E-state index in [1.165, 1.54) is 0 Å². The molecule has 4 rings (SSSR count). The maximum Gasteiger partial charge on any atom is 0.244 e. The number of benzene rings is 2. The van der Waals surface area contributed by atoms with Gasteiger partial charge in [0, 0.05) is 11.1 Å². The van der Waals surface area contributed by atoms with Crippen molar-refractivity contribution in [3.05, 3.63) is 71.1 Å². The van der Waals surface area contributed by atoms with Crippen LogP contribution in [0.5, 0.6) is 17.4 Å². The summed E-state index contributed by atoms with van der Waals surface area (Å²) in [5, 5.41) is 17.3. The molecule has 0 amide bonds. The normalized spacial score (nSPS) is 15.1. The number of nitrogens with two attached hydrogens (primary N) is 1. The van der Waals surface area contributed by atoms with E-state index in [-0.39, 0.29) is 5.88 Å². The van der Waals surface area contributed by atoms with E-state index in [0.29, 0.717) is 18.1 Å². The minimum Gasteiger partial charge on any atom is -0.497 e. The van der Waals surface area contributed by atoms with E-state index in [9.17, 15) is 5.26 Å². The molecule has 1 aromatic heterocycles. The fourth-order valence-electron chi connectivity index (χ4n) is 3.71. The van der Waals surface area contributed by atoms with Crippen LogP contribution in [0.1, 0.15) is 36.8 Å². The quantitative estimate of drug-likeness (QED) is 0.550. The smallest absolute Gasteiger partial charge is 0.244 e. The summed E-state index contributed by atoms with van der Waals surface area (Å²) in [6.45, 7) is 2.71. The first-order chi connectivity index (χ1) is 15.2. The van der Waals surface area contributed by atoms with E-state index < -0.39 is 5.92 Å². The van der Waals surface area contributed by atoms with Crippen molar-refractivity contribution >= 4 is 0 Å². The monoisotopic (exact) mass is 416 g/mol. The SMILES string of the molecule is CCCCOc1ccccc1C1C(C#N)=C(N)Oc2n[nH]c(-c3ccc(OC)cc3)c21. The number of H-pyrrole nitrogens is 1. The number of rotatable bonds is 7. The molecule has 0 saturated carbocycles. The van der Waals surface area contributed by atoms with Crippen molar-refractivity contribution < 1.29 is 14.2 Å². The Hall–Kier alpha value is -3.92. The Morgan fingerprint density at radius 2 is 1.97 bits per heavy atom. The number of fused-ring (bicyclic) bond motifs is 1. The lowest BCUT2D eigenvalue weighted by molar-refractivity contribution is 0.305. The summed E-state index contributed by atoms with van der Waals surface area (Å²) in [6.07, 6.45) is 1.97. The van der Waals surface area contributed by atoms with Gasteiger partial charge in [-0.2, -0.15) is 5.26 Å². The second-order valence-corrected chi connectivity index (χ2v) is 7.21. The molecule has 7 heteroatoms. The zero-order valence-corrected chi connectivity index (χ0v) is 17.5. The Labute approximate surface area is 181 Å². The van der Waals surface area contributed by atoms with Crippen LogP contribution in [0, 0.1) is 11.3 Å². The first kappa shape index (κ1) is 20.4. The van der Waals surface area contributed by atoms with Crippen LogP contribution in [0.4, 0.5) is 0 Å². The van der Waals surface area contributed by atoms with Crippen LogP contribution < -0.4 is 19.9 Å². The number of aromatic nitrogens is 2. The lowest BCUT2D eigenvalue weighted by Gasteiger charge is -2.25. The summed E-state index contributed by atoms with van der Waals surface area (Å²) in [7, 11) is 1.62. The molecule has 0 aliphatic carbocycles. The standard InChI is InChI=1S/C24H24N4O3/c1-3-4-13-30-19-8-6-5-7-17(19)20-18(14-25)23(26)31-24-21(20)22(27-28-24)15-9-11-16(29-2)12-10-15/h5-12,20H,3-4,13,26H2,1-2H3,(H,27,28). The Bertz CT molecular complexity index is 1140. The van der Waals surface area contributed by atoms with Crippen LogP contribution in [0.15, 0.2) is 60.0 Å². The zero-order valence-electron chi connectivity index (χ0n) is 17.5. The highest BCUT2D eigenvalue weighted by Gasteiger charge is 2.37. The Morgan fingerprint density at radius 1 is 1.19 bits per heavy atom. The Balaban J connectivity index is 1.86. The molecule has 2 heterocycles. The van der Waals surface area contributed by atoms with Gasteiger partial charge in [0.25, 0.3) is 0 Å². The number of hydrogen-bond acceptors (Lipinski definition) is 6. The van der Waals surface area contributed by atoms with Gasteiger partial charge in [0.1, 0.15) is 23.1 Å². The molecular formula is C24H24N4O3. The van der Waals surface area contributed by atoms with E-state index in [1.54, 1.807) is 7.11 Å². The first-order valence-corrected chi connectivity index (χ1v) is 10.2. The summed E-state index contributed by atoms with van der Waals surface area (Å²) in [6, 6.07) is 17.6. The summed E-state index contributed by atoms with van der Waals surface area (Å²) < 4.78 is 17.0. The second-order valence-electron chi connectivity index (χ2n) is 7.21. The summed E-state index contributed by atoms with van der Waals surface area (Å²) in [5.41, 5.74) is 9.69. The van der Waals surface area contributed by atoms with E-state index in [0.717, 1.165) is 46.7 Å². The molecule has 1 unspecified atom stereocenters.